The van der Waals surface area contributed by atoms with E-state index in [4.69, 9.17) is 0 Å². The summed E-state index contributed by atoms with van der Waals surface area (Å²) in [4.78, 5) is 23.7. The number of nitrogens with one attached hydrogen (secondary N) is 2. The fourth-order valence-corrected chi connectivity index (χ4v) is 2.14. The molecule has 24 heavy (non-hydrogen) atoms. The molecule has 0 unspecified atom stereocenters. The van der Waals surface area contributed by atoms with Crippen molar-refractivity contribution in [2.45, 2.75) is 32.7 Å². The monoisotopic (exact) mass is 328 g/mol. The van der Waals surface area contributed by atoms with Crippen molar-refractivity contribution in [2.24, 2.45) is 0 Å². The Hall–Kier alpha value is -2.69. The maximum Gasteiger partial charge on any atom is 0.313 e. The standard InChI is InChI=1S/C19H21FN2O2/c1-19(2,3)14-8-10-15(11-9-14)22-18(24)17(23)21-12-13-6-4-5-7-16(13)20/h4-11H,12H2,1-3H3,(H,21,23)(H,22,24). The van der Waals surface area contributed by atoms with Crippen LogP contribution in [0.25, 0.3) is 0 Å². The molecule has 2 aromatic rings. The number of rotatable bonds is 3. The lowest BCUT2D eigenvalue weighted by Crippen LogP contribution is -2.35. The van der Waals surface area contributed by atoms with E-state index in [1.807, 2.05) is 12.1 Å². The van der Waals surface area contributed by atoms with Crippen LogP contribution in [0.1, 0.15) is 31.9 Å². The van der Waals surface area contributed by atoms with E-state index in [-0.39, 0.29) is 12.0 Å². The number of carbonyl (C=O) groups excluding carboxylic acids is 2. The van der Waals surface area contributed by atoms with Gasteiger partial charge in [0.25, 0.3) is 0 Å². The number of halogens is 1. The second-order valence-corrected chi connectivity index (χ2v) is 6.56. The predicted octanol–water partition coefficient (Wildman–Crippen LogP) is 3.38. The largest absolute Gasteiger partial charge is 0.344 e. The first kappa shape index (κ1) is 17.7. The van der Waals surface area contributed by atoms with Crippen LogP contribution in [-0.4, -0.2) is 11.8 Å². The van der Waals surface area contributed by atoms with Crippen LogP contribution in [0.3, 0.4) is 0 Å². The summed E-state index contributed by atoms with van der Waals surface area (Å²) in [5, 5.41) is 4.93. The third-order valence-corrected chi connectivity index (χ3v) is 3.61. The van der Waals surface area contributed by atoms with Gasteiger partial charge in [-0.2, -0.15) is 0 Å². The molecule has 0 saturated carbocycles. The lowest BCUT2D eigenvalue weighted by Gasteiger charge is -2.19. The minimum absolute atomic E-state index is 0.0136. The molecule has 2 rings (SSSR count). The van der Waals surface area contributed by atoms with Gasteiger partial charge in [-0.15, -0.1) is 0 Å². The Morgan fingerprint density at radius 1 is 0.958 bits per heavy atom. The molecule has 0 fully saturated rings. The Balaban J connectivity index is 1.92. The van der Waals surface area contributed by atoms with Crippen molar-refractivity contribution in [3.8, 4) is 0 Å². The Bertz CT molecular complexity index is 734. The molecule has 0 heterocycles. The first-order valence-corrected chi connectivity index (χ1v) is 7.70. The summed E-state index contributed by atoms with van der Waals surface area (Å²) in [6.45, 7) is 6.24. The number of carbonyl (C=O) groups is 2. The number of hydrogen-bond donors (Lipinski definition) is 2. The highest BCUT2D eigenvalue weighted by atomic mass is 19.1. The third kappa shape index (κ3) is 4.65. The second kappa shape index (κ2) is 7.25. The van der Waals surface area contributed by atoms with Crippen molar-refractivity contribution >= 4 is 17.5 Å². The molecule has 0 saturated heterocycles. The summed E-state index contributed by atoms with van der Waals surface area (Å²) in [5.74, 6) is -2.01. The smallest absolute Gasteiger partial charge is 0.313 e. The average Bonchev–Trinajstić information content (AvgIpc) is 2.53. The number of amides is 2. The molecule has 0 aliphatic carbocycles. The molecule has 126 valence electrons. The first-order valence-electron chi connectivity index (χ1n) is 7.70. The second-order valence-electron chi connectivity index (χ2n) is 6.56. The molecule has 4 nitrogen and oxygen atoms in total. The molecule has 2 aromatic carbocycles. The van der Waals surface area contributed by atoms with E-state index in [1.165, 1.54) is 6.07 Å². The minimum atomic E-state index is -0.807. The Morgan fingerprint density at radius 3 is 2.17 bits per heavy atom. The minimum Gasteiger partial charge on any atom is -0.344 e. The summed E-state index contributed by atoms with van der Waals surface area (Å²) in [7, 11) is 0. The van der Waals surface area contributed by atoms with Gasteiger partial charge in [-0.1, -0.05) is 51.1 Å². The van der Waals surface area contributed by atoms with Crippen LogP contribution in [0.4, 0.5) is 10.1 Å². The molecular formula is C19H21FN2O2. The van der Waals surface area contributed by atoms with Crippen molar-refractivity contribution in [3.63, 3.8) is 0 Å². The van der Waals surface area contributed by atoms with Crippen molar-refractivity contribution in [1.82, 2.24) is 5.32 Å². The van der Waals surface area contributed by atoms with E-state index < -0.39 is 17.6 Å². The van der Waals surface area contributed by atoms with Crippen molar-refractivity contribution in [1.29, 1.82) is 0 Å². The number of hydrogen-bond acceptors (Lipinski definition) is 2. The van der Waals surface area contributed by atoms with E-state index in [1.54, 1.807) is 30.3 Å². The maximum absolute atomic E-state index is 13.5. The molecule has 0 aromatic heterocycles. The Morgan fingerprint density at radius 2 is 1.58 bits per heavy atom. The molecule has 0 spiro atoms. The van der Waals surface area contributed by atoms with E-state index in [0.29, 0.717) is 11.3 Å². The first-order chi connectivity index (χ1) is 11.3. The third-order valence-electron chi connectivity index (χ3n) is 3.61. The summed E-state index contributed by atoms with van der Waals surface area (Å²) in [6.07, 6.45) is 0. The SMILES string of the molecule is CC(C)(C)c1ccc(NC(=O)C(=O)NCc2ccccc2F)cc1. The van der Waals surface area contributed by atoms with E-state index >= 15 is 0 Å². The van der Waals surface area contributed by atoms with E-state index in [9.17, 15) is 14.0 Å². The van der Waals surface area contributed by atoms with Crippen LogP contribution in [0, 0.1) is 5.82 Å². The van der Waals surface area contributed by atoms with Crippen molar-refractivity contribution < 1.29 is 14.0 Å². The molecule has 2 amide bonds. The maximum atomic E-state index is 13.5. The molecule has 2 N–H and O–H groups in total. The van der Waals surface area contributed by atoms with Gasteiger partial charge in [-0.25, -0.2) is 4.39 Å². The van der Waals surface area contributed by atoms with E-state index in [0.717, 1.165) is 5.56 Å². The summed E-state index contributed by atoms with van der Waals surface area (Å²) in [6, 6.07) is 13.4. The van der Waals surface area contributed by atoms with Crippen LogP contribution in [-0.2, 0) is 21.5 Å². The van der Waals surface area contributed by atoms with Gasteiger partial charge in [0.2, 0.25) is 0 Å². The van der Waals surface area contributed by atoms with Crippen molar-refractivity contribution in [3.05, 3.63) is 65.5 Å². The van der Waals surface area contributed by atoms with Crippen LogP contribution < -0.4 is 10.6 Å². The molecule has 0 atom stereocenters. The van der Waals surface area contributed by atoms with E-state index in [2.05, 4.69) is 31.4 Å². The van der Waals surface area contributed by atoms with Gasteiger partial charge in [-0.05, 0) is 29.2 Å². The highest BCUT2D eigenvalue weighted by Crippen LogP contribution is 2.23. The van der Waals surface area contributed by atoms with Crippen LogP contribution in [0.15, 0.2) is 48.5 Å². The molecule has 0 bridgehead atoms. The average molecular weight is 328 g/mol. The topological polar surface area (TPSA) is 58.2 Å². The van der Waals surface area contributed by atoms with Crippen LogP contribution in [0.2, 0.25) is 0 Å². The molecule has 5 heteroatoms. The summed E-state index contributed by atoms with van der Waals surface area (Å²) >= 11 is 0. The number of anilines is 1. The van der Waals surface area contributed by atoms with Gasteiger partial charge in [0.1, 0.15) is 5.82 Å². The summed E-state index contributed by atoms with van der Waals surface area (Å²) < 4.78 is 13.5. The molecular weight excluding hydrogens is 307 g/mol. The predicted molar refractivity (Wildman–Crippen MR) is 92.0 cm³/mol. The van der Waals surface area contributed by atoms with Gasteiger partial charge < -0.3 is 10.6 Å². The number of benzene rings is 2. The van der Waals surface area contributed by atoms with Gasteiger partial charge >= 0.3 is 11.8 Å². The molecule has 0 aliphatic heterocycles. The normalized spacial score (nSPS) is 11.0. The van der Waals surface area contributed by atoms with Crippen LogP contribution >= 0.6 is 0 Å². The Labute approximate surface area is 141 Å². The van der Waals surface area contributed by atoms with Gasteiger partial charge in [0.05, 0.1) is 0 Å². The summed E-state index contributed by atoms with van der Waals surface area (Å²) in [5.41, 5.74) is 2.01. The van der Waals surface area contributed by atoms with Crippen molar-refractivity contribution in [2.75, 3.05) is 5.32 Å². The van der Waals surface area contributed by atoms with Gasteiger partial charge in [0.15, 0.2) is 0 Å². The fraction of sp³-hybridized carbons (Fsp3) is 0.263. The highest BCUT2D eigenvalue weighted by Gasteiger charge is 2.16. The zero-order valence-electron chi connectivity index (χ0n) is 14.0. The molecule has 0 aliphatic rings. The van der Waals surface area contributed by atoms with Gasteiger partial charge in [0, 0.05) is 17.8 Å². The quantitative estimate of drug-likeness (QED) is 0.849. The highest BCUT2D eigenvalue weighted by molar-refractivity contribution is 6.39. The Kier molecular flexibility index (Phi) is 5.34. The zero-order chi connectivity index (χ0) is 17.7. The fourth-order valence-electron chi connectivity index (χ4n) is 2.14. The molecule has 0 radical (unpaired) electrons. The zero-order valence-corrected chi connectivity index (χ0v) is 14.0. The van der Waals surface area contributed by atoms with Gasteiger partial charge in [-0.3, -0.25) is 9.59 Å². The lowest BCUT2D eigenvalue weighted by atomic mass is 9.87. The lowest BCUT2D eigenvalue weighted by molar-refractivity contribution is -0.136. The van der Waals surface area contributed by atoms with Crippen LogP contribution in [0.5, 0.6) is 0 Å².